The van der Waals surface area contributed by atoms with Crippen molar-refractivity contribution in [2.75, 3.05) is 6.54 Å². The third-order valence-electron chi connectivity index (χ3n) is 7.56. The number of amides is 4. The second-order valence-corrected chi connectivity index (χ2v) is 11.0. The summed E-state index contributed by atoms with van der Waals surface area (Å²) in [6.07, 6.45) is 6.43. The monoisotopic (exact) mass is 678 g/mol. The molecule has 1 saturated carbocycles. The number of benzene rings is 1. The van der Waals surface area contributed by atoms with Crippen molar-refractivity contribution < 1.29 is 28.7 Å². The highest BCUT2D eigenvalue weighted by Crippen LogP contribution is 2.27. The number of hydrogen-bond acceptors (Lipinski definition) is 6. The van der Waals surface area contributed by atoms with Crippen LogP contribution in [0.25, 0.3) is 0 Å². The maximum absolute atomic E-state index is 13.4. The van der Waals surface area contributed by atoms with Gasteiger partial charge in [-0.05, 0) is 36.7 Å². The average molecular weight is 679 g/mol. The first-order valence-corrected chi connectivity index (χ1v) is 14.1. The SMILES string of the molecule is CC(C)[C@H](NC(=O)OCc1ccccc1)C(=O)N[C@@H](CC1CCCCC1)C(=O)N[C@H](C=O)C[C@@H]1CCNC1=O.S.S.S.S. The van der Waals surface area contributed by atoms with Gasteiger partial charge in [-0.1, -0.05) is 76.3 Å². The third kappa shape index (κ3) is 14.5. The van der Waals surface area contributed by atoms with Crippen molar-refractivity contribution in [2.45, 2.75) is 89.9 Å². The van der Waals surface area contributed by atoms with Gasteiger partial charge in [0.25, 0.3) is 0 Å². The van der Waals surface area contributed by atoms with Gasteiger partial charge in [-0.3, -0.25) is 14.4 Å². The number of nitrogens with one attached hydrogen (secondary N) is 4. The molecule has 1 aromatic rings. The molecular formula is C29H50N4O6S4. The fourth-order valence-electron chi connectivity index (χ4n) is 5.28. The Morgan fingerprint density at radius 2 is 1.56 bits per heavy atom. The normalized spacial score (nSPS) is 18.0. The lowest BCUT2D eigenvalue weighted by molar-refractivity contribution is -0.132. The molecule has 0 radical (unpaired) electrons. The highest BCUT2D eigenvalue weighted by Gasteiger charge is 2.33. The van der Waals surface area contributed by atoms with Gasteiger partial charge in [-0.15, -0.1) is 0 Å². The first-order chi connectivity index (χ1) is 18.8. The minimum atomic E-state index is -0.918. The number of ether oxygens (including phenoxy) is 1. The van der Waals surface area contributed by atoms with Gasteiger partial charge >= 0.3 is 6.09 Å². The van der Waals surface area contributed by atoms with Crippen molar-refractivity contribution in [3.8, 4) is 0 Å². The van der Waals surface area contributed by atoms with E-state index in [4.69, 9.17) is 4.74 Å². The van der Waals surface area contributed by atoms with E-state index >= 15 is 0 Å². The average Bonchev–Trinajstić information content (AvgIpc) is 3.34. The fraction of sp³-hybridized carbons (Fsp3) is 0.621. The number of rotatable bonds is 13. The molecule has 0 bridgehead atoms. The van der Waals surface area contributed by atoms with E-state index in [0.717, 1.165) is 37.7 Å². The summed E-state index contributed by atoms with van der Waals surface area (Å²) in [6, 6.07) is 6.60. The van der Waals surface area contributed by atoms with Crippen molar-refractivity contribution in [1.82, 2.24) is 21.3 Å². The number of carbonyl (C=O) groups excluding carboxylic acids is 5. The van der Waals surface area contributed by atoms with E-state index in [0.29, 0.717) is 25.7 Å². The predicted molar refractivity (Wildman–Crippen MR) is 187 cm³/mol. The zero-order valence-electron chi connectivity index (χ0n) is 24.9. The lowest BCUT2D eigenvalue weighted by atomic mass is 9.84. The van der Waals surface area contributed by atoms with Crippen LogP contribution < -0.4 is 21.3 Å². The maximum Gasteiger partial charge on any atom is 0.408 e. The molecule has 246 valence electrons. The molecule has 4 N–H and O–H groups in total. The summed E-state index contributed by atoms with van der Waals surface area (Å²) >= 11 is 0. The van der Waals surface area contributed by atoms with Gasteiger partial charge in [0.15, 0.2) is 0 Å². The standard InChI is InChI=1S/C29H42N4O6.4H2S/c1-19(2)25(33-29(38)39-18-21-11-7-4-8-12-21)28(37)32-24(15-20-9-5-3-6-10-20)27(36)31-23(17-34)16-22-13-14-30-26(22)35;;;;/h4,7-8,11-12,17,19-20,22-25H,3,5-6,9-10,13-16,18H2,1-2H3,(H,30,35)(H,31,36)(H,32,37)(H,33,38);4*1H2/t22-,23-,24-,25-;;;;/m0..../s1. The summed E-state index contributed by atoms with van der Waals surface area (Å²) in [4.78, 5) is 62.9. The van der Waals surface area contributed by atoms with Crippen LogP contribution in [0.3, 0.4) is 0 Å². The smallest absolute Gasteiger partial charge is 0.408 e. The first-order valence-electron chi connectivity index (χ1n) is 14.1. The van der Waals surface area contributed by atoms with Gasteiger partial charge in [0.1, 0.15) is 25.0 Å². The van der Waals surface area contributed by atoms with Gasteiger partial charge in [0.05, 0.1) is 6.04 Å². The Morgan fingerprint density at radius 1 is 0.907 bits per heavy atom. The summed E-state index contributed by atoms with van der Waals surface area (Å²) in [5.41, 5.74) is 0.822. The van der Waals surface area contributed by atoms with Crippen LogP contribution in [0.4, 0.5) is 4.79 Å². The van der Waals surface area contributed by atoms with Crippen LogP contribution in [0.1, 0.15) is 70.8 Å². The molecule has 4 amide bonds. The number of hydrogen-bond donors (Lipinski definition) is 4. The molecule has 0 unspecified atom stereocenters. The van der Waals surface area contributed by atoms with E-state index in [-0.39, 0.29) is 90.7 Å². The molecule has 1 aromatic carbocycles. The van der Waals surface area contributed by atoms with Gasteiger partial charge in [0, 0.05) is 12.5 Å². The topological polar surface area (TPSA) is 143 Å². The molecular weight excluding hydrogens is 629 g/mol. The van der Waals surface area contributed by atoms with Crippen LogP contribution in [0.15, 0.2) is 30.3 Å². The Bertz CT molecular complexity index is 998. The predicted octanol–water partition coefficient (Wildman–Crippen LogP) is 3.05. The van der Waals surface area contributed by atoms with E-state index in [9.17, 15) is 24.0 Å². The molecule has 43 heavy (non-hydrogen) atoms. The Kier molecular flexibility index (Phi) is 22.5. The molecule has 1 saturated heterocycles. The maximum atomic E-state index is 13.4. The molecule has 1 heterocycles. The van der Waals surface area contributed by atoms with Crippen LogP contribution in [0.5, 0.6) is 0 Å². The van der Waals surface area contributed by atoms with Crippen molar-refractivity contribution in [2.24, 2.45) is 17.8 Å². The van der Waals surface area contributed by atoms with E-state index < -0.39 is 36.0 Å². The van der Waals surface area contributed by atoms with Crippen LogP contribution in [0, 0.1) is 17.8 Å². The van der Waals surface area contributed by atoms with Crippen molar-refractivity contribution in [1.29, 1.82) is 0 Å². The summed E-state index contributed by atoms with van der Waals surface area (Å²) in [6.45, 7) is 4.22. The molecule has 0 spiro atoms. The van der Waals surface area contributed by atoms with Crippen molar-refractivity contribution in [3.63, 3.8) is 0 Å². The largest absolute Gasteiger partial charge is 0.445 e. The first kappa shape index (κ1) is 43.1. The third-order valence-corrected chi connectivity index (χ3v) is 7.56. The van der Waals surface area contributed by atoms with Gasteiger partial charge in [0.2, 0.25) is 17.7 Å². The van der Waals surface area contributed by atoms with Crippen LogP contribution in [0.2, 0.25) is 0 Å². The molecule has 3 rings (SSSR count). The molecule has 14 heteroatoms. The zero-order valence-corrected chi connectivity index (χ0v) is 28.9. The molecule has 4 atom stereocenters. The highest BCUT2D eigenvalue weighted by molar-refractivity contribution is 7.59. The lowest BCUT2D eigenvalue weighted by Gasteiger charge is -2.29. The Balaban J connectivity index is 0. The highest BCUT2D eigenvalue weighted by atomic mass is 32.1. The fourth-order valence-corrected chi connectivity index (χ4v) is 5.28. The summed E-state index contributed by atoms with van der Waals surface area (Å²) in [5.74, 6) is -1.40. The molecule has 2 fully saturated rings. The summed E-state index contributed by atoms with van der Waals surface area (Å²) in [5, 5.41) is 11.0. The van der Waals surface area contributed by atoms with E-state index in [1.54, 1.807) is 13.8 Å². The summed E-state index contributed by atoms with van der Waals surface area (Å²) < 4.78 is 5.29. The molecule has 0 aromatic heterocycles. The summed E-state index contributed by atoms with van der Waals surface area (Å²) in [7, 11) is 0. The zero-order chi connectivity index (χ0) is 28.2. The van der Waals surface area contributed by atoms with Crippen LogP contribution >= 0.6 is 54.0 Å². The quantitative estimate of drug-likeness (QED) is 0.236. The van der Waals surface area contributed by atoms with E-state index in [1.807, 2.05) is 30.3 Å². The molecule has 1 aliphatic heterocycles. The molecule has 2 aliphatic rings. The second-order valence-electron chi connectivity index (χ2n) is 11.0. The minimum absolute atomic E-state index is 0. The Labute approximate surface area is 283 Å². The second kappa shape index (κ2) is 22.5. The number of carbonyl (C=O) groups is 5. The van der Waals surface area contributed by atoms with Crippen molar-refractivity contribution >= 4 is 84.1 Å². The Hall–Kier alpha value is -2.03. The Morgan fingerprint density at radius 3 is 2.12 bits per heavy atom. The number of alkyl carbamates (subject to hydrolysis) is 1. The van der Waals surface area contributed by atoms with Crippen LogP contribution in [-0.4, -0.2) is 54.8 Å². The lowest BCUT2D eigenvalue weighted by Crippen LogP contribution is -2.57. The molecule has 1 aliphatic carbocycles. The minimum Gasteiger partial charge on any atom is -0.445 e. The van der Waals surface area contributed by atoms with Gasteiger partial charge in [-0.25, -0.2) is 4.79 Å². The van der Waals surface area contributed by atoms with Crippen molar-refractivity contribution in [3.05, 3.63) is 35.9 Å². The van der Waals surface area contributed by atoms with E-state index in [1.165, 1.54) is 0 Å². The van der Waals surface area contributed by atoms with Gasteiger partial charge < -0.3 is 30.8 Å². The van der Waals surface area contributed by atoms with E-state index in [2.05, 4.69) is 21.3 Å². The molecule has 10 nitrogen and oxygen atoms in total. The van der Waals surface area contributed by atoms with Gasteiger partial charge in [-0.2, -0.15) is 54.0 Å². The number of aldehydes is 1. The van der Waals surface area contributed by atoms with Crippen LogP contribution in [-0.2, 0) is 30.5 Å².